The summed E-state index contributed by atoms with van der Waals surface area (Å²) in [4.78, 5) is 34.5. The normalized spacial score (nSPS) is 11.0. The van der Waals surface area contributed by atoms with Crippen molar-refractivity contribution in [3.63, 3.8) is 0 Å². The summed E-state index contributed by atoms with van der Waals surface area (Å²) in [5.41, 5.74) is 0.639. The number of aryl methyl sites for hydroxylation is 1. The first-order chi connectivity index (χ1) is 12.0. The molecule has 0 aliphatic carbocycles. The topological polar surface area (TPSA) is 73.6 Å². The Morgan fingerprint density at radius 1 is 1.40 bits per heavy atom. The van der Waals surface area contributed by atoms with E-state index in [1.54, 1.807) is 12.1 Å². The molecule has 0 amide bonds. The lowest BCUT2D eigenvalue weighted by Crippen LogP contribution is -2.19. The van der Waals surface area contributed by atoms with Crippen LogP contribution in [-0.4, -0.2) is 20.2 Å². The van der Waals surface area contributed by atoms with Crippen molar-refractivity contribution in [3.05, 3.63) is 56.0 Å². The van der Waals surface area contributed by atoms with E-state index in [4.69, 9.17) is 16.3 Å². The van der Waals surface area contributed by atoms with Gasteiger partial charge in [-0.1, -0.05) is 18.5 Å². The number of ether oxygens (including phenoxy) is 1. The molecule has 0 aliphatic rings. The fourth-order valence-electron chi connectivity index (χ4n) is 2.46. The summed E-state index contributed by atoms with van der Waals surface area (Å²) < 4.78 is 6.92. The molecule has 3 aromatic rings. The lowest BCUT2D eigenvalue weighted by Gasteiger charge is -2.05. The minimum absolute atomic E-state index is 0.0375. The standard InChI is InChI=1S/C17H16ClN3O3S/c1-3-4-13(22)16-10(2)25-17-20-12(7-15(23)21(16)17)9-24-14-6-5-11(18)8-19-14/h5-8H,3-4,9H2,1-2H3. The van der Waals surface area contributed by atoms with Crippen LogP contribution in [0.1, 0.15) is 40.8 Å². The van der Waals surface area contributed by atoms with E-state index in [9.17, 15) is 9.59 Å². The monoisotopic (exact) mass is 377 g/mol. The maximum Gasteiger partial charge on any atom is 0.259 e. The highest BCUT2D eigenvalue weighted by Crippen LogP contribution is 2.22. The van der Waals surface area contributed by atoms with E-state index >= 15 is 0 Å². The van der Waals surface area contributed by atoms with Crippen molar-refractivity contribution >= 4 is 33.7 Å². The molecule has 0 unspecified atom stereocenters. The summed E-state index contributed by atoms with van der Waals surface area (Å²) in [5.74, 6) is 0.358. The molecule has 6 nitrogen and oxygen atoms in total. The number of ketones is 1. The van der Waals surface area contributed by atoms with Crippen molar-refractivity contribution < 1.29 is 9.53 Å². The zero-order chi connectivity index (χ0) is 18.0. The Labute approximate surface area is 153 Å². The maximum absolute atomic E-state index is 12.5. The van der Waals surface area contributed by atoms with Gasteiger partial charge >= 0.3 is 0 Å². The van der Waals surface area contributed by atoms with Gasteiger partial charge in [0.15, 0.2) is 10.7 Å². The summed E-state index contributed by atoms with van der Waals surface area (Å²) in [6.45, 7) is 3.87. The Morgan fingerprint density at radius 2 is 2.20 bits per heavy atom. The first-order valence-electron chi connectivity index (χ1n) is 7.79. The predicted octanol–water partition coefficient (Wildman–Crippen LogP) is 3.67. The van der Waals surface area contributed by atoms with E-state index in [2.05, 4.69) is 9.97 Å². The average molecular weight is 378 g/mol. The molecule has 130 valence electrons. The van der Waals surface area contributed by atoms with Crippen LogP contribution in [0.3, 0.4) is 0 Å². The smallest absolute Gasteiger partial charge is 0.259 e. The van der Waals surface area contributed by atoms with Crippen molar-refractivity contribution in [2.24, 2.45) is 0 Å². The number of hydrogen-bond acceptors (Lipinski definition) is 6. The number of hydrogen-bond donors (Lipinski definition) is 0. The predicted molar refractivity (Wildman–Crippen MR) is 96.9 cm³/mol. The van der Waals surface area contributed by atoms with Gasteiger partial charge < -0.3 is 4.74 Å². The lowest BCUT2D eigenvalue weighted by molar-refractivity contribution is 0.0975. The fourth-order valence-corrected chi connectivity index (χ4v) is 3.58. The van der Waals surface area contributed by atoms with Crippen molar-refractivity contribution in [1.29, 1.82) is 0 Å². The van der Waals surface area contributed by atoms with E-state index in [0.717, 1.165) is 11.3 Å². The van der Waals surface area contributed by atoms with Crippen molar-refractivity contribution in [2.45, 2.75) is 33.3 Å². The SMILES string of the molecule is CCCC(=O)c1c(C)sc2nc(COc3ccc(Cl)cn3)cc(=O)n12. The molecule has 0 aromatic carbocycles. The van der Waals surface area contributed by atoms with Crippen LogP contribution in [0.5, 0.6) is 5.88 Å². The van der Waals surface area contributed by atoms with Crippen molar-refractivity contribution in [1.82, 2.24) is 14.4 Å². The van der Waals surface area contributed by atoms with Gasteiger partial charge in [-0.25, -0.2) is 14.4 Å². The lowest BCUT2D eigenvalue weighted by atomic mass is 10.1. The third-order valence-electron chi connectivity index (χ3n) is 3.55. The number of Topliss-reactive ketones (excluding diaryl/α,β-unsaturated/α-hetero) is 1. The van der Waals surface area contributed by atoms with Gasteiger partial charge in [0.05, 0.1) is 10.7 Å². The van der Waals surface area contributed by atoms with Crippen LogP contribution < -0.4 is 10.3 Å². The number of carbonyl (C=O) groups is 1. The number of pyridine rings is 1. The molecule has 0 spiro atoms. The number of halogens is 1. The Bertz CT molecular complexity index is 979. The zero-order valence-electron chi connectivity index (χ0n) is 13.8. The molecule has 0 saturated carbocycles. The summed E-state index contributed by atoms with van der Waals surface area (Å²) in [7, 11) is 0. The molecular formula is C17H16ClN3O3S. The second-order valence-corrected chi connectivity index (χ2v) is 7.11. The Morgan fingerprint density at radius 3 is 2.88 bits per heavy atom. The largest absolute Gasteiger partial charge is 0.471 e. The summed E-state index contributed by atoms with van der Waals surface area (Å²) in [6.07, 6.45) is 2.63. The minimum Gasteiger partial charge on any atom is -0.471 e. The van der Waals surface area contributed by atoms with Crippen LogP contribution in [0.25, 0.3) is 4.96 Å². The minimum atomic E-state index is -0.281. The van der Waals surface area contributed by atoms with Gasteiger partial charge in [-0.15, -0.1) is 11.3 Å². The van der Waals surface area contributed by atoms with Gasteiger partial charge in [0.1, 0.15) is 12.3 Å². The maximum atomic E-state index is 12.5. The molecule has 0 bridgehead atoms. The molecule has 0 saturated heterocycles. The second-order valence-electron chi connectivity index (χ2n) is 5.49. The zero-order valence-corrected chi connectivity index (χ0v) is 15.4. The Balaban J connectivity index is 1.90. The Kier molecular flexibility index (Phi) is 5.15. The molecule has 3 rings (SSSR count). The number of rotatable bonds is 6. The van der Waals surface area contributed by atoms with Gasteiger partial charge in [0, 0.05) is 29.6 Å². The molecule has 0 atom stereocenters. The number of aromatic nitrogens is 3. The van der Waals surface area contributed by atoms with Crippen molar-refractivity contribution in [3.8, 4) is 5.88 Å². The van der Waals surface area contributed by atoms with E-state index in [-0.39, 0.29) is 17.9 Å². The molecule has 3 aromatic heterocycles. The average Bonchev–Trinajstić information content (AvgIpc) is 2.91. The van der Waals surface area contributed by atoms with Gasteiger partial charge in [0.25, 0.3) is 5.56 Å². The first kappa shape index (κ1) is 17.6. The molecule has 0 N–H and O–H groups in total. The van der Waals surface area contributed by atoms with Gasteiger partial charge in [-0.3, -0.25) is 9.59 Å². The van der Waals surface area contributed by atoms with Crippen LogP contribution in [0.2, 0.25) is 5.02 Å². The van der Waals surface area contributed by atoms with Crippen LogP contribution in [0.15, 0.2) is 29.2 Å². The molecule has 8 heteroatoms. The quantitative estimate of drug-likeness (QED) is 0.613. The highest BCUT2D eigenvalue weighted by atomic mass is 35.5. The van der Waals surface area contributed by atoms with Crippen LogP contribution in [0, 0.1) is 6.92 Å². The van der Waals surface area contributed by atoms with E-state index < -0.39 is 0 Å². The Hall–Kier alpha value is -2.25. The molecular weight excluding hydrogens is 362 g/mol. The van der Waals surface area contributed by atoms with E-state index in [1.165, 1.54) is 28.0 Å². The van der Waals surface area contributed by atoms with Crippen LogP contribution in [0.4, 0.5) is 0 Å². The molecule has 25 heavy (non-hydrogen) atoms. The van der Waals surface area contributed by atoms with Gasteiger partial charge in [0.2, 0.25) is 5.88 Å². The molecule has 0 radical (unpaired) electrons. The third-order valence-corrected chi connectivity index (χ3v) is 4.73. The van der Waals surface area contributed by atoms with E-state index in [1.807, 2.05) is 13.8 Å². The number of fused-ring (bicyclic) bond motifs is 1. The number of nitrogens with zero attached hydrogens (tertiary/aromatic N) is 3. The molecule has 0 fully saturated rings. The second kappa shape index (κ2) is 7.33. The summed E-state index contributed by atoms with van der Waals surface area (Å²) in [5, 5.41) is 0.517. The fraction of sp³-hybridized carbons (Fsp3) is 0.294. The molecule has 0 aliphatic heterocycles. The summed E-state index contributed by atoms with van der Waals surface area (Å²) >= 11 is 7.11. The van der Waals surface area contributed by atoms with Gasteiger partial charge in [-0.2, -0.15) is 0 Å². The van der Waals surface area contributed by atoms with E-state index in [0.29, 0.717) is 33.7 Å². The van der Waals surface area contributed by atoms with Crippen LogP contribution >= 0.6 is 22.9 Å². The van der Waals surface area contributed by atoms with Crippen LogP contribution in [-0.2, 0) is 6.61 Å². The first-order valence-corrected chi connectivity index (χ1v) is 8.98. The van der Waals surface area contributed by atoms with Gasteiger partial charge in [-0.05, 0) is 19.4 Å². The highest BCUT2D eigenvalue weighted by molar-refractivity contribution is 7.17. The highest BCUT2D eigenvalue weighted by Gasteiger charge is 2.18. The third kappa shape index (κ3) is 3.72. The summed E-state index contributed by atoms with van der Waals surface area (Å²) in [6, 6.07) is 4.70. The molecule has 3 heterocycles. The number of thiazole rings is 1. The van der Waals surface area contributed by atoms with Crippen molar-refractivity contribution in [2.75, 3.05) is 0 Å². The number of carbonyl (C=O) groups excluding carboxylic acids is 1.